The highest BCUT2D eigenvalue weighted by molar-refractivity contribution is 6.09. The number of hydrogen-bond acceptors (Lipinski definition) is 7. The van der Waals surface area contributed by atoms with E-state index in [-0.39, 0.29) is 30.5 Å². The number of non-ortho nitro benzene ring substituents is 1. The predicted molar refractivity (Wildman–Crippen MR) is 149 cm³/mol. The number of rotatable bonds is 9. The Morgan fingerprint density at radius 3 is 2.31 bits per heavy atom. The third kappa shape index (κ3) is 6.14. The Morgan fingerprint density at radius 2 is 1.69 bits per heavy atom. The molecule has 0 fully saturated rings. The summed E-state index contributed by atoms with van der Waals surface area (Å²) < 4.78 is 5.41. The Bertz CT molecular complexity index is 1330. The van der Waals surface area contributed by atoms with E-state index in [0.717, 1.165) is 40.8 Å². The molecule has 10 heteroatoms. The second-order valence-electron chi connectivity index (χ2n) is 8.08. The lowest BCUT2D eigenvalue weighted by Crippen LogP contribution is -2.28. The van der Waals surface area contributed by atoms with Gasteiger partial charge in [0.25, 0.3) is 5.69 Å². The van der Waals surface area contributed by atoms with Crippen LogP contribution in [0.3, 0.4) is 0 Å². The number of fused-ring (bicyclic) bond motifs is 2. The van der Waals surface area contributed by atoms with Crippen LogP contribution in [-0.2, 0) is 0 Å². The zero-order chi connectivity index (χ0) is 24.2. The van der Waals surface area contributed by atoms with Gasteiger partial charge < -0.3 is 20.1 Å². The summed E-state index contributed by atoms with van der Waals surface area (Å²) in [6.45, 7) is 6.51. The van der Waals surface area contributed by atoms with E-state index in [0.29, 0.717) is 23.3 Å². The van der Waals surface area contributed by atoms with Crippen molar-refractivity contribution in [3.05, 3.63) is 76.3 Å². The largest absolute Gasteiger partial charge is 0.497 e. The lowest BCUT2D eigenvalue weighted by molar-refractivity contribution is -0.384. The fourth-order valence-electron chi connectivity index (χ4n) is 4.05. The summed E-state index contributed by atoms with van der Waals surface area (Å²) in [5, 5.41) is 26.9. The van der Waals surface area contributed by atoms with Gasteiger partial charge in [-0.1, -0.05) is 26.0 Å². The molecule has 36 heavy (non-hydrogen) atoms. The monoisotopic (exact) mass is 532 g/mol. The van der Waals surface area contributed by atoms with E-state index in [9.17, 15) is 15.2 Å². The van der Waals surface area contributed by atoms with Gasteiger partial charge in [0.15, 0.2) is 0 Å². The topological polar surface area (TPSA) is 101 Å². The highest BCUT2D eigenvalue weighted by atomic mass is 35.5. The maximum atomic E-state index is 11.3. The number of nitrogens with zero attached hydrogens (tertiary/aromatic N) is 3. The van der Waals surface area contributed by atoms with Crippen molar-refractivity contribution < 1.29 is 14.8 Å². The molecule has 192 valence electrons. The predicted octanol–water partition coefficient (Wildman–Crippen LogP) is 6.27. The van der Waals surface area contributed by atoms with Crippen molar-refractivity contribution in [3.8, 4) is 5.75 Å². The number of aromatic nitrogens is 1. The molecule has 0 aliphatic heterocycles. The first-order valence-electron chi connectivity index (χ1n) is 11.3. The van der Waals surface area contributed by atoms with Gasteiger partial charge in [-0.2, -0.15) is 0 Å². The molecule has 1 heterocycles. The van der Waals surface area contributed by atoms with Crippen LogP contribution in [0, 0.1) is 10.1 Å². The average molecular weight is 533 g/mol. The van der Waals surface area contributed by atoms with E-state index in [1.165, 1.54) is 12.1 Å². The molecule has 1 atom stereocenters. The third-order valence-corrected chi connectivity index (χ3v) is 6.07. The smallest absolute Gasteiger partial charge is 0.271 e. The van der Waals surface area contributed by atoms with Gasteiger partial charge in [0.1, 0.15) is 5.75 Å². The van der Waals surface area contributed by atoms with Crippen LogP contribution in [0.25, 0.3) is 21.8 Å². The van der Waals surface area contributed by atoms with E-state index in [4.69, 9.17) is 4.74 Å². The molecule has 0 bridgehead atoms. The average Bonchev–Trinajstić information content (AvgIpc) is 2.86. The van der Waals surface area contributed by atoms with Gasteiger partial charge in [-0.3, -0.25) is 10.1 Å². The number of anilines is 2. The first kappa shape index (κ1) is 29.1. The summed E-state index contributed by atoms with van der Waals surface area (Å²) in [7, 11) is 1.61. The molecule has 0 spiro atoms. The van der Waals surface area contributed by atoms with Gasteiger partial charge in [-0.15, -0.1) is 24.8 Å². The number of halogens is 2. The van der Waals surface area contributed by atoms with Crippen molar-refractivity contribution in [1.82, 2.24) is 9.88 Å². The van der Waals surface area contributed by atoms with E-state index < -0.39 is 11.0 Å². The summed E-state index contributed by atoms with van der Waals surface area (Å²) in [5.74, 6) is 0.688. The van der Waals surface area contributed by atoms with Crippen LogP contribution in [0.2, 0.25) is 0 Å². The summed E-state index contributed by atoms with van der Waals surface area (Å²) in [6.07, 6.45) is -0.568. The van der Waals surface area contributed by atoms with Gasteiger partial charge >= 0.3 is 0 Å². The minimum atomic E-state index is -0.568. The first-order chi connectivity index (χ1) is 16.4. The SMILES string of the molecule is CCN(CC)CC(O)c1ccc(Nc2c3ccc([N+](=O)[O-])cc3nc3ccc(OC)cc23)cc1.Cl.Cl. The molecule has 0 radical (unpaired) electrons. The lowest BCUT2D eigenvalue weighted by Gasteiger charge is -2.22. The standard InChI is InChI=1S/C26H28N4O4.2ClH/c1-4-29(5-2)16-25(31)17-6-8-18(9-7-17)27-26-21-12-10-19(30(32)33)14-24(21)28-23-13-11-20(34-3)15-22(23)26;;/h6-15,25,31H,4-5,16H2,1-3H3,(H,27,28);2*1H. The van der Waals surface area contributed by atoms with Crippen LogP contribution < -0.4 is 10.1 Å². The second-order valence-corrected chi connectivity index (χ2v) is 8.08. The molecule has 1 aromatic heterocycles. The highest BCUT2D eigenvalue weighted by Gasteiger charge is 2.15. The van der Waals surface area contributed by atoms with Crippen molar-refractivity contribution in [2.75, 3.05) is 32.1 Å². The molecule has 4 aromatic rings. The molecule has 0 aliphatic carbocycles. The number of likely N-dealkylation sites (N-methyl/N-ethyl adjacent to an activating group) is 1. The van der Waals surface area contributed by atoms with Gasteiger partial charge in [-0.05, 0) is 55.1 Å². The number of aliphatic hydroxyl groups excluding tert-OH is 1. The van der Waals surface area contributed by atoms with Gasteiger partial charge in [0.2, 0.25) is 0 Å². The molecule has 4 rings (SSSR count). The minimum Gasteiger partial charge on any atom is -0.497 e. The molecular formula is C26H30Cl2N4O4. The van der Waals surface area contributed by atoms with Crippen LogP contribution in [0.4, 0.5) is 17.1 Å². The van der Waals surface area contributed by atoms with Gasteiger partial charge in [0.05, 0.1) is 34.9 Å². The minimum absolute atomic E-state index is 0. The van der Waals surface area contributed by atoms with Gasteiger partial charge in [0, 0.05) is 35.1 Å². The zero-order valence-electron chi connectivity index (χ0n) is 20.3. The number of benzene rings is 3. The molecule has 0 saturated carbocycles. The molecule has 0 aliphatic rings. The van der Waals surface area contributed by atoms with Gasteiger partial charge in [-0.25, -0.2) is 4.98 Å². The Morgan fingerprint density at radius 1 is 1.00 bits per heavy atom. The van der Waals surface area contributed by atoms with Crippen LogP contribution in [-0.4, -0.2) is 46.7 Å². The summed E-state index contributed by atoms with van der Waals surface area (Å²) in [4.78, 5) is 17.7. The fourth-order valence-corrected chi connectivity index (χ4v) is 4.05. The quantitative estimate of drug-likeness (QED) is 0.149. The summed E-state index contributed by atoms with van der Waals surface area (Å²) in [5.41, 5.74) is 3.67. The number of aliphatic hydroxyl groups is 1. The normalized spacial score (nSPS) is 11.6. The van der Waals surface area contributed by atoms with Crippen molar-refractivity contribution in [3.63, 3.8) is 0 Å². The van der Waals surface area contributed by atoms with E-state index in [1.54, 1.807) is 13.2 Å². The number of hydrogen-bond donors (Lipinski definition) is 2. The highest BCUT2D eigenvalue weighted by Crippen LogP contribution is 2.36. The number of nitrogens with one attached hydrogen (secondary N) is 1. The van der Waals surface area contributed by atoms with E-state index in [2.05, 4.69) is 29.0 Å². The van der Waals surface area contributed by atoms with Crippen molar-refractivity contribution in [2.24, 2.45) is 0 Å². The summed E-state index contributed by atoms with van der Waals surface area (Å²) in [6, 6.07) is 17.9. The number of methoxy groups -OCH3 is 1. The number of pyridine rings is 1. The van der Waals surface area contributed by atoms with Crippen molar-refractivity contribution in [2.45, 2.75) is 20.0 Å². The maximum Gasteiger partial charge on any atom is 0.271 e. The molecule has 3 aromatic carbocycles. The van der Waals surface area contributed by atoms with Crippen LogP contribution in [0.1, 0.15) is 25.5 Å². The Balaban J connectivity index is 0.00000228. The summed E-state index contributed by atoms with van der Waals surface area (Å²) >= 11 is 0. The van der Waals surface area contributed by atoms with Crippen LogP contribution >= 0.6 is 24.8 Å². The number of nitro groups is 1. The fraction of sp³-hybridized carbons (Fsp3) is 0.269. The molecule has 8 nitrogen and oxygen atoms in total. The number of nitro benzene ring substituents is 1. The second kappa shape index (κ2) is 12.7. The maximum absolute atomic E-state index is 11.3. The zero-order valence-corrected chi connectivity index (χ0v) is 21.9. The Labute approximate surface area is 222 Å². The Hall–Kier alpha value is -3.17. The van der Waals surface area contributed by atoms with E-state index in [1.807, 2.05) is 42.5 Å². The van der Waals surface area contributed by atoms with Crippen LogP contribution in [0.15, 0.2) is 60.7 Å². The molecule has 0 saturated heterocycles. The molecule has 0 amide bonds. The Kier molecular flexibility index (Phi) is 10.2. The molecule has 2 N–H and O–H groups in total. The van der Waals surface area contributed by atoms with E-state index >= 15 is 0 Å². The van der Waals surface area contributed by atoms with Crippen LogP contribution in [0.5, 0.6) is 5.75 Å². The lowest BCUT2D eigenvalue weighted by atomic mass is 10.1. The van der Waals surface area contributed by atoms with Crippen molar-refractivity contribution >= 4 is 63.7 Å². The number of ether oxygens (including phenoxy) is 1. The molecular weight excluding hydrogens is 503 g/mol. The molecule has 1 unspecified atom stereocenters. The van der Waals surface area contributed by atoms with Crippen molar-refractivity contribution in [1.29, 1.82) is 0 Å². The first-order valence-corrected chi connectivity index (χ1v) is 11.3. The third-order valence-electron chi connectivity index (χ3n) is 6.07.